The van der Waals surface area contributed by atoms with Crippen LogP contribution in [0.3, 0.4) is 0 Å². The molecule has 0 aromatic heterocycles. The summed E-state index contributed by atoms with van der Waals surface area (Å²) in [5.41, 5.74) is 2.00. The Morgan fingerprint density at radius 2 is 1.92 bits per heavy atom. The van der Waals surface area contributed by atoms with Crippen LogP contribution in [0.4, 0.5) is 0 Å². The third-order valence-corrected chi connectivity index (χ3v) is 3.73. The molecule has 0 radical (unpaired) electrons. The summed E-state index contributed by atoms with van der Waals surface area (Å²) in [6, 6.07) is 8.48. The number of ether oxygens (including phenoxy) is 2. The first-order valence-corrected chi connectivity index (χ1v) is 7.80. The molecule has 0 fully saturated rings. The van der Waals surface area contributed by atoms with Crippen LogP contribution in [0.2, 0.25) is 0 Å². The van der Waals surface area contributed by atoms with E-state index >= 15 is 0 Å². The average molecular weight is 330 g/mol. The van der Waals surface area contributed by atoms with Crippen molar-refractivity contribution < 1.29 is 24.5 Å². The minimum atomic E-state index is -0.263. The van der Waals surface area contributed by atoms with Gasteiger partial charge in [-0.3, -0.25) is 4.79 Å². The van der Waals surface area contributed by atoms with Gasteiger partial charge in [0.15, 0.2) is 5.78 Å². The SMILES string of the molecule is CCOc1cccc(-c2c(O)cc(O)c(C(C)=O)c2CCOC)c1. The predicted octanol–water partition coefficient (Wildman–Crippen LogP) is 3.56. The largest absolute Gasteiger partial charge is 0.507 e. The van der Waals surface area contributed by atoms with Crippen LogP contribution in [-0.4, -0.2) is 36.3 Å². The van der Waals surface area contributed by atoms with Crippen LogP contribution in [0.15, 0.2) is 30.3 Å². The Labute approximate surface area is 141 Å². The summed E-state index contributed by atoms with van der Waals surface area (Å²) < 4.78 is 10.6. The van der Waals surface area contributed by atoms with Crippen molar-refractivity contribution in [2.75, 3.05) is 20.3 Å². The Morgan fingerprint density at radius 1 is 1.17 bits per heavy atom. The molecule has 2 rings (SSSR count). The summed E-state index contributed by atoms with van der Waals surface area (Å²) in [5, 5.41) is 20.5. The van der Waals surface area contributed by atoms with Gasteiger partial charge < -0.3 is 19.7 Å². The zero-order valence-electron chi connectivity index (χ0n) is 14.1. The van der Waals surface area contributed by atoms with Crippen molar-refractivity contribution in [1.82, 2.24) is 0 Å². The van der Waals surface area contributed by atoms with Crippen LogP contribution in [0.1, 0.15) is 29.8 Å². The van der Waals surface area contributed by atoms with E-state index in [0.29, 0.717) is 42.1 Å². The van der Waals surface area contributed by atoms with Crippen molar-refractivity contribution in [2.24, 2.45) is 0 Å². The highest BCUT2D eigenvalue weighted by atomic mass is 16.5. The van der Waals surface area contributed by atoms with E-state index in [0.717, 1.165) is 0 Å². The number of hydrogen-bond donors (Lipinski definition) is 2. The molecule has 0 atom stereocenters. The molecule has 0 aliphatic heterocycles. The average Bonchev–Trinajstić information content (AvgIpc) is 2.52. The lowest BCUT2D eigenvalue weighted by molar-refractivity contribution is 0.101. The second-order valence-electron chi connectivity index (χ2n) is 5.40. The second-order valence-corrected chi connectivity index (χ2v) is 5.40. The van der Waals surface area contributed by atoms with Crippen LogP contribution >= 0.6 is 0 Å². The van der Waals surface area contributed by atoms with Gasteiger partial charge in [-0.25, -0.2) is 0 Å². The van der Waals surface area contributed by atoms with Gasteiger partial charge in [0.05, 0.1) is 18.8 Å². The van der Waals surface area contributed by atoms with Gasteiger partial charge >= 0.3 is 0 Å². The van der Waals surface area contributed by atoms with E-state index in [2.05, 4.69) is 0 Å². The minimum absolute atomic E-state index is 0.0859. The molecular weight excluding hydrogens is 308 g/mol. The molecule has 0 amide bonds. The number of Topliss-reactive ketones (excluding diaryl/α,β-unsaturated/α-hetero) is 1. The number of ketones is 1. The number of carbonyl (C=O) groups is 1. The topological polar surface area (TPSA) is 76.0 Å². The standard InChI is InChI=1S/C19H22O5/c1-4-24-14-7-5-6-13(10-14)19-15(8-9-23-3)18(12(2)20)16(21)11-17(19)22/h5-7,10-11,21-22H,4,8-9H2,1-3H3. The molecule has 128 valence electrons. The fourth-order valence-corrected chi connectivity index (χ4v) is 2.79. The normalized spacial score (nSPS) is 10.6. The summed E-state index contributed by atoms with van der Waals surface area (Å²) in [5.74, 6) is 0.0958. The molecule has 24 heavy (non-hydrogen) atoms. The number of hydrogen-bond acceptors (Lipinski definition) is 5. The van der Waals surface area contributed by atoms with E-state index < -0.39 is 0 Å². The quantitative estimate of drug-likeness (QED) is 0.759. The van der Waals surface area contributed by atoms with Gasteiger partial charge in [0.25, 0.3) is 0 Å². The molecular formula is C19H22O5. The molecule has 2 N–H and O–H groups in total. The first-order valence-electron chi connectivity index (χ1n) is 7.80. The van der Waals surface area contributed by atoms with Gasteiger partial charge in [-0.2, -0.15) is 0 Å². The Balaban J connectivity index is 2.69. The predicted molar refractivity (Wildman–Crippen MR) is 92.0 cm³/mol. The lowest BCUT2D eigenvalue weighted by atomic mass is 9.90. The maximum atomic E-state index is 12.0. The van der Waals surface area contributed by atoms with Crippen molar-refractivity contribution in [1.29, 1.82) is 0 Å². The molecule has 0 spiro atoms. The van der Waals surface area contributed by atoms with E-state index in [-0.39, 0.29) is 22.8 Å². The van der Waals surface area contributed by atoms with Crippen LogP contribution in [0.5, 0.6) is 17.2 Å². The third-order valence-electron chi connectivity index (χ3n) is 3.73. The maximum absolute atomic E-state index is 12.0. The molecule has 0 saturated heterocycles. The van der Waals surface area contributed by atoms with E-state index in [9.17, 15) is 15.0 Å². The lowest BCUT2D eigenvalue weighted by Crippen LogP contribution is -2.06. The van der Waals surface area contributed by atoms with Crippen LogP contribution < -0.4 is 4.74 Å². The Kier molecular flexibility index (Phi) is 5.82. The number of phenols is 2. The Morgan fingerprint density at radius 3 is 2.54 bits per heavy atom. The second kappa shape index (κ2) is 7.84. The fourth-order valence-electron chi connectivity index (χ4n) is 2.79. The number of carbonyl (C=O) groups excluding carboxylic acids is 1. The van der Waals surface area contributed by atoms with E-state index in [1.54, 1.807) is 13.2 Å². The molecule has 0 heterocycles. The van der Waals surface area contributed by atoms with Crippen molar-refractivity contribution >= 4 is 5.78 Å². The molecule has 5 nitrogen and oxygen atoms in total. The van der Waals surface area contributed by atoms with Crippen molar-refractivity contribution in [3.8, 4) is 28.4 Å². The smallest absolute Gasteiger partial charge is 0.163 e. The Bertz CT molecular complexity index is 737. The number of benzene rings is 2. The number of rotatable bonds is 7. The molecule has 0 aliphatic carbocycles. The highest BCUT2D eigenvalue weighted by Crippen LogP contribution is 2.40. The monoisotopic (exact) mass is 330 g/mol. The van der Waals surface area contributed by atoms with Crippen LogP contribution in [0.25, 0.3) is 11.1 Å². The summed E-state index contributed by atoms with van der Waals surface area (Å²) in [4.78, 5) is 12.0. The van der Waals surface area contributed by atoms with Gasteiger partial charge in [-0.05, 0) is 43.5 Å². The van der Waals surface area contributed by atoms with Crippen molar-refractivity contribution in [3.05, 3.63) is 41.5 Å². The first-order chi connectivity index (χ1) is 11.5. The van der Waals surface area contributed by atoms with E-state index in [1.165, 1.54) is 13.0 Å². The zero-order valence-corrected chi connectivity index (χ0v) is 14.1. The van der Waals surface area contributed by atoms with Crippen molar-refractivity contribution in [3.63, 3.8) is 0 Å². The Hall–Kier alpha value is -2.53. The maximum Gasteiger partial charge on any atom is 0.163 e. The lowest BCUT2D eigenvalue weighted by Gasteiger charge is -2.17. The van der Waals surface area contributed by atoms with Gasteiger partial charge in [0.1, 0.15) is 17.2 Å². The van der Waals surface area contributed by atoms with E-state index in [4.69, 9.17) is 9.47 Å². The summed E-state index contributed by atoms with van der Waals surface area (Å²) >= 11 is 0. The minimum Gasteiger partial charge on any atom is -0.507 e. The summed E-state index contributed by atoms with van der Waals surface area (Å²) in [7, 11) is 1.56. The summed E-state index contributed by atoms with van der Waals surface area (Å²) in [6.45, 7) is 4.17. The van der Waals surface area contributed by atoms with Crippen LogP contribution in [-0.2, 0) is 11.2 Å². The third kappa shape index (κ3) is 3.68. The highest BCUT2D eigenvalue weighted by molar-refractivity contribution is 6.01. The van der Waals surface area contributed by atoms with Gasteiger partial charge in [-0.1, -0.05) is 12.1 Å². The number of phenolic OH excluding ortho intramolecular Hbond substituents is 2. The number of aromatic hydroxyl groups is 2. The molecule has 0 aliphatic rings. The van der Waals surface area contributed by atoms with Crippen LogP contribution in [0, 0.1) is 0 Å². The molecule has 5 heteroatoms. The highest BCUT2D eigenvalue weighted by Gasteiger charge is 2.21. The zero-order chi connectivity index (χ0) is 17.7. The molecule has 0 saturated carbocycles. The molecule has 0 bridgehead atoms. The van der Waals surface area contributed by atoms with Gasteiger partial charge in [0, 0.05) is 18.7 Å². The molecule has 2 aromatic rings. The van der Waals surface area contributed by atoms with Gasteiger partial charge in [-0.15, -0.1) is 0 Å². The van der Waals surface area contributed by atoms with Crippen molar-refractivity contribution in [2.45, 2.75) is 20.3 Å². The van der Waals surface area contributed by atoms with Gasteiger partial charge in [0.2, 0.25) is 0 Å². The molecule has 0 unspecified atom stereocenters. The number of methoxy groups -OCH3 is 1. The fraction of sp³-hybridized carbons (Fsp3) is 0.316. The van der Waals surface area contributed by atoms with E-state index in [1.807, 2.05) is 25.1 Å². The summed E-state index contributed by atoms with van der Waals surface area (Å²) in [6.07, 6.45) is 0.390. The molecule has 2 aromatic carbocycles. The first kappa shape index (κ1) is 17.8.